The second-order valence-electron chi connectivity index (χ2n) is 3.87. The molecule has 1 unspecified atom stereocenters. The summed E-state index contributed by atoms with van der Waals surface area (Å²) in [5, 5.41) is 8.74. The van der Waals surface area contributed by atoms with Crippen LogP contribution in [0.25, 0.3) is 0 Å². The van der Waals surface area contributed by atoms with Crippen molar-refractivity contribution in [1.29, 1.82) is 0 Å². The van der Waals surface area contributed by atoms with Crippen molar-refractivity contribution in [1.82, 2.24) is 0 Å². The fourth-order valence-electron chi connectivity index (χ4n) is 1.10. The van der Waals surface area contributed by atoms with E-state index in [9.17, 15) is 4.79 Å². The zero-order chi connectivity index (χ0) is 11.0. The van der Waals surface area contributed by atoms with E-state index in [2.05, 4.69) is 19.1 Å². The van der Waals surface area contributed by atoms with Crippen LogP contribution in [0.15, 0.2) is 12.2 Å². The molecule has 0 aliphatic rings. The second kappa shape index (κ2) is 6.60. The SMILES string of the molecule is CCCC=CCCCC(C)(N)C(=O)O. The summed E-state index contributed by atoms with van der Waals surface area (Å²) >= 11 is 0. The molecule has 3 N–H and O–H groups in total. The topological polar surface area (TPSA) is 63.3 Å². The third kappa shape index (κ3) is 5.75. The zero-order valence-electron chi connectivity index (χ0n) is 9.12. The number of carboxylic acids is 1. The molecule has 0 aliphatic carbocycles. The molecule has 82 valence electrons. The molecule has 0 aliphatic heterocycles. The smallest absolute Gasteiger partial charge is 0.323 e. The van der Waals surface area contributed by atoms with Gasteiger partial charge in [-0.3, -0.25) is 4.79 Å². The molecule has 0 saturated carbocycles. The minimum atomic E-state index is -1.07. The number of allylic oxidation sites excluding steroid dienone is 2. The second-order valence-corrected chi connectivity index (χ2v) is 3.87. The lowest BCUT2D eigenvalue weighted by molar-refractivity contribution is -0.142. The number of rotatable bonds is 7. The molecule has 0 saturated heterocycles. The summed E-state index contributed by atoms with van der Waals surface area (Å²) < 4.78 is 0. The van der Waals surface area contributed by atoms with Crippen molar-refractivity contribution in [3.8, 4) is 0 Å². The van der Waals surface area contributed by atoms with Crippen molar-refractivity contribution < 1.29 is 9.90 Å². The van der Waals surface area contributed by atoms with Crippen molar-refractivity contribution in [3.63, 3.8) is 0 Å². The average molecular weight is 199 g/mol. The Labute approximate surface area is 86.0 Å². The third-order valence-corrected chi connectivity index (χ3v) is 2.18. The van der Waals surface area contributed by atoms with E-state index in [1.807, 2.05) is 0 Å². The predicted octanol–water partition coefficient (Wildman–Crippen LogP) is 2.31. The molecule has 0 aromatic rings. The quantitative estimate of drug-likeness (QED) is 0.488. The van der Waals surface area contributed by atoms with E-state index in [1.54, 1.807) is 6.92 Å². The van der Waals surface area contributed by atoms with Crippen LogP contribution in [0.3, 0.4) is 0 Å². The summed E-state index contributed by atoms with van der Waals surface area (Å²) in [6.45, 7) is 3.69. The van der Waals surface area contributed by atoms with Gasteiger partial charge in [0, 0.05) is 0 Å². The lowest BCUT2D eigenvalue weighted by Crippen LogP contribution is -2.44. The zero-order valence-corrected chi connectivity index (χ0v) is 9.12. The molecule has 0 aromatic heterocycles. The van der Waals surface area contributed by atoms with Crippen LogP contribution in [0.4, 0.5) is 0 Å². The number of unbranched alkanes of at least 4 members (excludes halogenated alkanes) is 2. The van der Waals surface area contributed by atoms with E-state index in [0.29, 0.717) is 6.42 Å². The van der Waals surface area contributed by atoms with Crippen LogP contribution in [0.5, 0.6) is 0 Å². The maximum absolute atomic E-state index is 10.6. The van der Waals surface area contributed by atoms with E-state index in [0.717, 1.165) is 25.7 Å². The molecule has 0 rings (SSSR count). The lowest BCUT2D eigenvalue weighted by Gasteiger charge is -2.17. The summed E-state index contributed by atoms with van der Waals surface area (Å²) in [4.78, 5) is 10.6. The van der Waals surface area contributed by atoms with Gasteiger partial charge in [0.1, 0.15) is 5.54 Å². The Bertz CT molecular complexity index is 197. The minimum absolute atomic E-state index is 0.527. The fourth-order valence-corrected chi connectivity index (χ4v) is 1.10. The number of hydrogen-bond donors (Lipinski definition) is 2. The molecule has 0 radical (unpaired) electrons. The summed E-state index contributed by atoms with van der Waals surface area (Å²) in [7, 11) is 0. The molecule has 0 aromatic carbocycles. The van der Waals surface area contributed by atoms with Crippen molar-refractivity contribution in [2.24, 2.45) is 5.73 Å². The Morgan fingerprint density at radius 2 is 2.00 bits per heavy atom. The van der Waals surface area contributed by atoms with Crippen molar-refractivity contribution >= 4 is 5.97 Å². The van der Waals surface area contributed by atoms with Gasteiger partial charge < -0.3 is 10.8 Å². The summed E-state index contributed by atoms with van der Waals surface area (Å²) in [5.74, 6) is -0.921. The first-order chi connectivity index (χ1) is 6.50. The van der Waals surface area contributed by atoms with Gasteiger partial charge in [-0.05, 0) is 32.6 Å². The monoisotopic (exact) mass is 199 g/mol. The number of carboxylic acid groups (broad SMARTS) is 1. The molecule has 0 heterocycles. The number of aliphatic carboxylic acids is 1. The standard InChI is InChI=1S/C11H21NO2/c1-3-4-5-6-7-8-9-11(2,12)10(13)14/h5-6H,3-4,7-9,12H2,1-2H3,(H,13,14). The predicted molar refractivity (Wildman–Crippen MR) is 58.1 cm³/mol. The van der Waals surface area contributed by atoms with Gasteiger partial charge >= 0.3 is 5.97 Å². The highest BCUT2D eigenvalue weighted by molar-refractivity contribution is 5.77. The van der Waals surface area contributed by atoms with E-state index >= 15 is 0 Å². The fraction of sp³-hybridized carbons (Fsp3) is 0.727. The van der Waals surface area contributed by atoms with Crippen LogP contribution in [-0.2, 0) is 4.79 Å². The molecule has 0 bridgehead atoms. The van der Waals surface area contributed by atoms with Crippen LogP contribution >= 0.6 is 0 Å². The molecule has 14 heavy (non-hydrogen) atoms. The highest BCUT2D eigenvalue weighted by atomic mass is 16.4. The van der Waals surface area contributed by atoms with Crippen molar-refractivity contribution in [2.75, 3.05) is 0 Å². The Kier molecular flexibility index (Phi) is 6.21. The van der Waals surface area contributed by atoms with Crippen LogP contribution in [0.2, 0.25) is 0 Å². The van der Waals surface area contributed by atoms with Gasteiger partial charge in [-0.15, -0.1) is 0 Å². The Hall–Kier alpha value is -0.830. The average Bonchev–Trinajstić information content (AvgIpc) is 2.10. The van der Waals surface area contributed by atoms with Gasteiger partial charge in [0.2, 0.25) is 0 Å². The molecule has 3 nitrogen and oxygen atoms in total. The number of carbonyl (C=O) groups is 1. The van der Waals surface area contributed by atoms with Gasteiger partial charge in [-0.1, -0.05) is 25.5 Å². The van der Waals surface area contributed by atoms with Crippen LogP contribution in [0.1, 0.15) is 46.0 Å². The maximum atomic E-state index is 10.6. The van der Waals surface area contributed by atoms with Gasteiger partial charge in [0.15, 0.2) is 0 Å². The first-order valence-corrected chi connectivity index (χ1v) is 5.18. The normalized spacial score (nSPS) is 15.6. The summed E-state index contributed by atoms with van der Waals surface area (Å²) in [5.41, 5.74) is 4.51. The molecule has 0 fully saturated rings. The highest BCUT2D eigenvalue weighted by Gasteiger charge is 2.26. The largest absolute Gasteiger partial charge is 0.480 e. The molecule has 3 heteroatoms. The molecule has 0 amide bonds. The van der Waals surface area contributed by atoms with Crippen LogP contribution < -0.4 is 5.73 Å². The van der Waals surface area contributed by atoms with Crippen LogP contribution in [0, 0.1) is 0 Å². The molecular formula is C11H21NO2. The summed E-state index contributed by atoms with van der Waals surface area (Å²) in [6, 6.07) is 0. The van der Waals surface area contributed by atoms with E-state index < -0.39 is 11.5 Å². The van der Waals surface area contributed by atoms with Gasteiger partial charge in [0.25, 0.3) is 0 Å². The van der Waals surface area contributed by atoms with Gasteiger partial charge in [-0.25, -0.2) is 0 Å². The van der Waals surface area contributed by atoms with Gasteiger partial charge in [0.05, 0.1) is 0 Å². The number of nitrogens with two attached hydrogens (primary N) is 1. The highest BCUT2D eigenvalue weighted by Crippen LogP contribution is 2.11. The van der Waals surface area contributed by atoms with E-state index in [4.69, 9.17) is 10.8 Å². The first-order valence-electron chi connectivity index (χ1n) is 5.18. The Morgan fingerprint density at radius 1 is 1.43 bits per heavy atom. The molecular weight excluding hydrogens is 178 g/mol. The molecule has 0 spiro atoms. The third-order valence-electron chi connectivity index (χ3n) is 2.18. The first kappa shape index (κ1) is 13.2. The minimum Gasteiger partial charge on any atom is -0.480 e. The Morgan fingerprint density at radius 3 is 2.50 bits per heavy atom. The van der Waals surface area contributed by atoms with Crippen molar-refractivity contribution in [2.45, 2.75) is 51.5 Å². The van der Waals surface area contributed by atoms with E-state index in [-0.39, 0.29) is 0 Å². The maximum Gasteiger partial charge on any atom is 0.323 e. The van der Waals surface area contributed by atoms with Crippen molar-refractivity contribution in [3.05, 3.63) is 12.2 Å². The summed E-state index contributed by atoms with van der Waals surface area (Å²) in [6.07, 6.45) is 8.76. The lowest BCUT2D eigenvalue weighted by atomic mass is 9.96. The van der Waals surface area contributed by atoms with Crippen LogP contribution in [-0.4, -0.2) is 16.6 Å². The molecule has 1 atom stereocenters. The number of hydrogen-bond acceptors (Lipinski definition) is 2. The Balaban J connectivity index is 3.59. The van der Waals surface area contributed by atoms with E-state index in [1.165, 1.54) is 0 Å². The van der Waals surface area contributed by atoms with Gasteiger partial charge in [-0.2, -0.15) is 0 Å².